The van der Waals surface area contributed by atoms with Crippen LogP contribution in [0.5, 0.6) is 0 Å². The van der Waals surface area contributed by atoms with Gasteiger partial charge in [-0.2, -0.15) is 0 Å². The molecule has 0 aromatic heterocycles. The second kappa shape index (κ2) is 8.04. The van der Waals surface area contributed by atoms with Gasteiger partial charge in [0.05, 0.1) is 59.0 Å². The molecule has 3 aliphatic heterocycles. The van der Waals surface area contributed by atoms with Crippen molar-refractivity contribution in [1.82, 2.24) is 0 Å². The van der Waals surface area contributed by atoms with Crippen LogP contribution >= 0.6 is 0 Å². The van der Waals surface area contributed by atoms with E-state index in [1.165, 1.54) is 0 Å². The average Bonchev–Trinajstić information content (AvgIpc) is 3.38. The summed E-state index contributed by atoms with van der Waals surface area (Å²) in [5.74, 6) is 0. The Labute approximate surface area is 132 Å². The third kappa shape index (κ3) is 6.10. The van der Waals surface area contributed by atoms with E-state index in [0.717, 1.165) is 39.3 Å². The van der Waals surface area contributed by atoms with E-state index in [-0.39, 0.29) is 5.41 Å². The Balaban J connectivity index is 1.38. The monoisotopic (exact) mass is 316 g/mol. The Kier molecular flexibility index (Phi) is 6.07. The topological polar surface area (TPSA) is 65.3 Å². The summed E-state index contributed by atoms with van der Waals surface area (Å²) in [6.07, 6.45) is 2.95. The highest BCUT2D eigenvalue weighted by molar-refractivity contribution is 4.80. The summed E-state index contributed by atoms with van der Waals surface area (Å²) in [5, 5.41) is 0. The Bertz CT molecular complexity index is 307. The fraction of sp³-hybridized carbons (Fsp3) is 1.00. The molecule has 22 heavy (non-hydrogen) atoms. The first-order valence-corrected chi connectivity index (χ1v) is 8.38. The van der Waals surface area contributed by atoms with E-state index in [1.54, 1.807) is 0 Å². The first-order valence-electron chi connectivity index (χ1n) is 8.38. The molecule has 3 aliphatic rings. The number of epoxide rings is 3. The minimum atomic E-state index is -0.0891. The summed E-state index contributed by atoms with van der Waals surface area (Å²) < 4.78 is 33.1. The maximum Gasteiger partial charge on any atom is 0.104 e. The van der Waals surface area contributed by atoms with Crippen molar-refractivity contribution in [3.63, 3.8) is 0 Å². The van der Waals surface area contributed by atoms with Crippen molar-refractivity contribution in [2.45, 2.75) is 38.1 Å². The number of ether oxygens (including phenoxy) is 6. The summed E-state index contributed by atoms with van der Waals surface area (Å²) in [6, 6.07) is 0. The highest BCUT2D eigenvalue weighted by Crippen LogP contribution is 2.26. The first-order chi connectivity index (χ1) is 10.8. The molecule has 6 nitrogen and oxygen atoms in total. The lowest BCUT2D eigenvalue weighted by atomic mass is 9.88. The maximum atomic E-state index is 5.88. The van der Waals surface area contributed by atoms with Crippen LogP contribution in [0.2, 0.25) is 0 Å². The van der Waals surface area contributed by atoms with Crippen LogP contribution in [0.25, 0.3) is 0 Å². The van der Waals surface area contributed by atoms with E-state index in [4.69, 9.17) is 28.4 Å². The van der Waals surface area contributed by atoms with Gasteiger partial charge in [-0.1, -0.05) is 6.92 Å². The lowest BCUT2D eigenvalue weighted by Crippen LogP contribution is -2.38. The molecule has 0 aliphatic carbocycles. The van der Waals surface area contributed by atoms with Crippen molar-refractivity contribution < 1.29 is 28.4 Å². The molecule has 0 saturated carbocycles. The van der Waals surface area contributed by atoms with E-state index in [2.05, 4.69) is 6.92 Å². The number of hydrogen-bond donors (Lipinski definition) is 0. The van der Waals surface area contributed by atoms with E-state index >= 15 is 0 Å². The summed E-state index contributed by atoms with van der Waals surface area (Å²) in [4.78, 5) is 0. The molecule has 0 aromatic rings. The fourth-order valence-electron chi connectivity index (χ4n) is 2.31. The molecule has 0 aromatic carbocycles. The quantitative estimate of drug-likeness (QED) is 0.352. The molecule has 3 fully saturated rings. The second-order valence-electron chi connectivity index (χ2n) is 6.59. The first kappa shape index (κ1) is 16.6. The molecule has 0 radical (unpaired) electrons. The normalized spacial score (nSPS) is 31.8. The van der Waals surface area contributed by atoms with Gasteiger partial charge in [-0.15, -0.1) is 0 Å². The molecule has 0 N–H and O–H groups in total. The molecule has 3 heterocycles. The smallest absolute Gasteiger partial charge is 0.104 e. The van der Waals surface area contributed by atoms with Gasteiger partial charge in [0.25, 0.3) is 0 Å². The Morgan fingerprint density at radius 3 is 1.77 bits per heavy atom. The molecule has 3 atom stereocenters. The van der Waals surface area contributed by atoms with Crippen molar-refractivity contribution >= 4 is 0 Å². The number of hydrogen-bond acceptors (Lipinski definition) is 6. The molecule has 0 bridgehead atoms. The van der Waals surface area contributed by atoms with Crippen LogP contribution in [0.15, 0.2) is 0 Å². The van der Waals surface area contributed by atoms with Crippen LogP contribution in [0.3, 0.4) is 0 Å². The highest BCUT2D eigenvalue weighted by Gasteiger charge is 2.33. The molecule has 3 rings (SSSR count). The van der Waals surface area contributed by atoms with Crippen LogP contribution in [-0.2, 0) is 28.4 Å². The van der Waals surface area contributed by atoms with Gasteiger partial charge in [0, 0.05) is 12.0 Å². The van der Waals surface area contributed by atoms with E-state index in [1.807, 2.05) is 0 Å². The van der Waals surface area contributed by atoms with Crippen LogP contribution < -0.4 is 0 Å². The maximum absolute atomic E-state index is 5.88. The van der Waals surface area contributed by atoms with Crippen molar-refractivity contribution in [2.24, 2.45) is 5.41 Å². The number of rotatable bonds is 14. The summed E-state index contributed by atoms with van der Waals surface area (Å²) in [7, 11) is 0. The van der Waals surface area contributed by atoms with Gasteiger partial charge in [-0.3, -0.25) is 0 Å². The summed E-state index contributed by atoms with van der Waals surface area (Å²) >= 11 is 0. The molecule has 3 saturated heterocycles. The Morgan fingerprint density at radius 1 is 0.818 bits per heavy atom. The zero-order chi connectivity index (χ0) is 15.3. The average molecular weight is 316 g/mol. The van der Waals surface area contributed by atoms with Gasteiger partial charge in [0.1, 0.15) is 12.2 Å². The van der Waals surface area contributed by atoms with E-state index in [9.17, 15) is 0 Å². The third-order valence-corrected chi connectivity index (χ3v) is 4.37. The van der Waals surface area contributed by atoms with Crippen molar-refractivity contribution in [3.8, 4) is 0 Å². The Morgan fingerprint density at radius 2 is 1.32 bits per heavy atom. The molecule has 0 spiro atoms. The predicted octanol–water partition coefficient (Wildman–Crippen LogP) is 1.02. The zero-order valence-electron chi connectivity index (χ0n) is 13.5. The minimum Gasteiger partial charge on any atom is -0.381 e. The van der Waals surface area contributed by atoms with Crippen LogP contribution in [-0.4, -0.2) is 77.8 Å². The molecular weight excluding hydrogens is 288 g/mol. The van der Waals surface area contributed by atoms with Gasteiger partial charge in [0.2, 0.25) is 0 Å². The van der Waals surface area contributed by atoms with Crippen LogP contribution in [0.4, 0.5) is 0 Å². The highest BCUT2D eigenvalue weighted by atomic mass is 16.6. The van der Waals surface area contributed by atoms with Gasteiger partial charge >= 0.3 is 0 Å². The third-order valence-electron chi connectivity index (χ3n) is 4.37. The van der Waals surface area contributed by atoms with Gasteiger partial charge < -0.3 is 28.4 Å². The van der Waals surface area contributed by atoms with Crippen LogP contribution in [0, 0.1) is 5.41 Å². The SMILES string of the molecule is CCC(COCC[C@@H]1CO1)(COCC1CO1)COCC1CO1. The van der Waals surface area contributed by atoms with E-state index in [0.29, 0.717) is 51.3 Å². The van der Waals surface area contributed by atoms with Crippen molar-refractivity contribution in [1.29, 1.82) is 0 Å². The lowest BCUT2D eigenvalue weighted by Gasteiger charge is -2.32. The standard InChI is InChI=1S/C16H28O6/c1-2-16(11-18-5-14-8-21-14,12-19-6-15-9-22-15)10-17-4-3-13-7-20-13/h13-15H,2-12H2,1H3/t13-,14?,15?,16?/m1/s1. The van der Waals surface area contributed by atoms with Crippen LogP contribution in [0.1, 0.15) is 19.8 Å². The van der Waals surface area contributed by atoms with E-state index < -0.39 is 0 Å². The summed E-state index contributed by atoms with van der Waals surface area (Å²) in [6.45, 7) is 8.74. The molecule has 6 heteroatoms. The van der Waals surface area contributed by atoms with Gasteiger partial charge in [-0.25, -0.2) is 0 Å². The molecule has 0 amide bonds. The second-order valence-corrected chi connectivity index (χ2v) is 6.59. The van der Waals surface area contributed by atoms with Crippen molar-refractivity contribution in [3.05, 3.63) is 0 Å². The zero-order valence-corrected chi connectivity index (χ0v) is 13.5. The van der Waals surface area contributed by atoms with Gasteiger partial charge in [0.15, 0.2) is 0 Å². The molecular formula is C16H28O6. The minimum absolute atomic E-state index is 0.0891. The molecule has 128 valence electrons. The predicted molar refractivity (Wildman–Crippen MR) is 79.0 cm³/mol. The Hall–Kier alpha value is -0.240. The fourth-order valence-corrected chi connectivity index (χ4v) is 2.31. The largest absolute Gasteiger partial charge is 0.381 e. The summed E-state index contributed by atoms with van der Waals surface area (Å²) in [5.41, 5.74) is -0.0891. The van der Waals surface area contributed by atoms with Crippen molar-refractivity contribution in [2.75, 3.05) is 59.5 Å². The van der Waals surface area contributed by atoms with Gasteiger partial charge in [-0.05, 0) is 12.8 Å². The lowest BCUT2D eigenvalue weighted by molar-refractivity contribution is -0.0753. The molecule has 2 unspecified atom stereocenters.